The summed E-state index contributed by atoms with van der Waals surface area (Å²) in [7, 11) is 0. The van der Waals surface area contributed by atoms with Gasteiger partial charge in [-0.15, -0.1) is 6.58 Å². The molecule has 0 heterocycles. The molecule has 0 amide bonds. The van der Waals surface area contributed by atoms with Crippen LogP contribution >= 0.6 is 0 Å². The Balaban J connectivity index is 2.70. The van der Waals surface area contributed by atoms with Gasteiger partial charge in [-0.3, -0.25) is 0 Å². The Morgan fingerprint density at radius 2 is 1.60 bits per heavy atom. The highest BCUT2D eigenvalue weighted by atomic mass is 14.5. The second-order valence-corrected chi connectivity index (χ2v) is 2.63. The molecule has 0 radical (unpaired) electrons. The maximum Gasteiger partial charge on any atom is -0.00773 e. The smallest absolute Gasteiger partial charge is 0.00773 e. The Kier molecular flexibility index (Phi) is 8.44. The van der Waals surface area contributed by atoms with Gasteiger partial charge in [0.05, 0.1) is 0 Å². The lowest BCUT2D eigenvalue weighted by Crippen LogP contribution is -1.97. The van der Waals surface area contributed by atoms with Crippen molar-refractivity contribution in [3.05, 3.63) is 12.7 Å². The fraction of sp³-hybridized carbons (Fsp3) is 0.778. The first kappa shape index (κ1) is 9.70. The van der Waals surface area contributed by atoms with Gasteiger partial charge in [0.2, 0.25) is 0 Å². The molecule has 0 spiro atoms. The minimum absolute atomic E-state index is 0.849. The molecule has 0 aromatic heterocycles. The predicted octanol–water partition coefficient (Wildman–Crippen LogP) is 2.47. The summed E-state index contributed by atoms with van der Waals surface area (Å²) in [6.45, 7) is 4.52. The van der Waals surface area contributed by atoms with Crippen LogP contribution in [0.3, 0.4) is 0 Å². The van der Waals surface area contributed by atoms with E-state index in [2.05, 4.69) is 6.58 Å². The number of nitrogens with two attached hydrogens (primary N) is 1. The summed E-state index contributed by atoms with van der Waals surface area (Å²) in [6.07, 6.45) is 9.62. The quantitative estimate of drug-likeness (QED) is 0.428. The van der Waals surface area contributed by atoms with Crippen LogP contribution < -0.4 is 5.73 Å². The minimum atomic E-state index is 0.849. The summed E-state index contributed by atoms with van der Waals surface area (Å²) >= 11 is 0. The number of allylic oxidation sites excluding steroid dienone is 1. The second kappa shape index (κ2) is 8.70. The van der Waals surface area contributed by atoms with Gasteiger partial charge >= 0.3 is 0 Å². The maximum atomic E-state index is 5.35. The summed E-state index contributed by atoms with van der Waals surface area (Å²) in [4.78, 5) is 0. The van der Waals surface area contributed by atoms with E-state index in [0.29, 0.717) is 0 Å². The van der Waals surface area contributed by atoms with Crippen LogP contribution in [0.4, 0.5) is 0 Å². The third kappa shape index (κ3) is 7.70. The molecule has 60 valence electrons. The molecule has 1 heteroatoms. The van der Waals surface area contributed by atoms with Crippen LogP contribution in [0, 0.1) is 0 Å². The third-order valence-electron chi connectivity index (χ3n) is 1.61. The van der Waals surface area contributed by atoms with E-state index in [1.165, 1.54) is 38.5 Å². The molecule has 0 rings (SSSR count). The molecule has 0 aromatic rings. The Bertz CT molecular complexity index is 69.1. The highest BCUT2D eigenvalue weighted by molar-refractivity contribution is 4.65. The molecule has 1 nitrogen and oxygen atoms in total. The molecule has 0 fully saturated rings. The number of hydrogen-bond donors (Lipinski definition) is 1. The van der Waals surface area contributed by atoms with Crippen molar-refractivity contribution in [1.29, 1.82) is 0 Å². The third-order valence-corrected chi connectivity index (χ3v) is 1.61. The molecule has 0 aliphatic heterocycles. The van der Waals surface area contributed by atoms with Gasteiger partial charge in [-0.05, 0) is 25.8 Å². The van der Waals surface area contributed by atoms with Crippen molar-refractivity contribution in [1.82, 2.24) is 0 Å². The number of rotatable bonds is 7. The van der Waals surface area contributed by atoms with E-state index < -0.39 is 0 Å². The SMILES string of the molecule is C=CCCCCCCCN. The summed E-state index contributed by atoms with van der Waals surface area (Å²) in [6, 6.07) is 0. The summed E-state index contributed by atoms with van der Waals surface area (Å²) in [5.74, 6) is 0. The van der Waals surface area contributed by atoms with Gasteiger partial charge in [-0.25, -0.2) is 0 Å². The van der Waals surface area contributed by atoms with Gasteiger partial charge in [-0.1, -0.05) is 25.3 Å². The van der Waals surface area contributed by atoms with Crippen LogP contribution in [0.15, 0.2) is 12.7 Å². The molecular formula is C9H19N. The van der Waals surface area contributed by atoms with E-state index in [4.69, 9.17) is 5.73 Å². The van der Waals surface area contributed by atoms with E-state index in [0.717, 1.165) is 6.54 Å². The van der Waals surface area contributed by atoms with E-state index in [1.54, 1.807) is 0 Å². The zero-order valence-electron chi connectivity index (χ0n) is 6.81. The van der Waals surface area contributed by atoms with E-state index in [-0.39, 0.29) is 0 Å². The molecular weight excluding hydrogens is 122 g/mol. The Hall–Kier alpha value is -0.300. The van der Waals surface area contributed by atoms with Crippen molar-refractivity contribution in [2.75, 3.05) is 6.54 Å². The monoisotopic (exact) mass is 141 g/mol. The molecule has 0 aromatic carbocycles. The van der Waals surface area contributed by atoms with Crippen molar-refractivity contribution in [2.24, 2.45) is 5.73 Å². The van der Waals surface area contributed by atoms with Crippen molar-refractivity contribution in [3.63, 3.8) is 0 Å². The van der Waals surface area contributed by atoms with E-state index >= 15 is 0 Å². The average Bonchev–Trinajstić information content (AvgIpc) is 1.97. The fourth-order valence-corrected chi connectivity index (χ4v) is 0.963. The standard InChI is InChI=1S/C9H19N/c1-2-3-4-5-6-7-8-9-10/h2H,1,3-10H2. The van der Waals surface area contributed by atoms with Crippen molar-refractivity contribution in [3.8, 4) is 0 Å². The van der Waals surface area contributed by atoms with Crippen LogP contribution in [0.2, 0.25) is 0 Å². The topological polar surface area (TPSA) is 26.0 Å². The Labute approximate surface area is 64.3 Å². The molecule has 2 N–H and O–H groups in total. The maximum absolute atomic E-state index is 5.35. The first-order chi connectivity index (χ1) is 4.91. The lowest BCUT2D eigenvalue weighted by atomic mass is 10.1. The van der Waals surface area contributed by atoms with E-state index in [1.807, 2.05) is 6.08 Å². The second-order valence-electron chi connectivity index (χ2n) is 2.63. The normalized spacial score (nSPS) is 9.70. The summed E-state index contributed by atoms with van der Waals surface area (Å²) in [5.41, 5.74) is 5.35. The van der Waals surface area contributed by atoms with Crippen LogP contribution in [-0.2, 0) is 0 Å². The molecule has 0 saturated heterocycles. The first-order valence-corrected chi connectivity index (χ1v) is 4.22. The molecule has 0 bridgehead atoms. The van der Waals surface area contributed by atoms with Gasteiger partial charge in [0.25, 0.3) is 0 Å². The zero-order chi connectivity index (χ0) is 7.66. The van der Waals surface area contributed by atoms with Gasteiger partial charge in [0.15, 0.2) is 0 Å². The Morgan fingerprint density at radius 1 is 1.00 bits per heavy atom. The summed E-state index contributed by atoms with van der Waals surface area (Å²) in [5, 5.41) is 0. The van der Waals surface area contributed by atoms with Gasteiger partial charge in [-0.2, -0.15) is 0 Å². The molecule has 0 saturated carbocycles. The first-order valence-electron chi connectivity index (χ1n) is 4.22. The van der Waals surface area contributed by atoms with Crippen LogP contribution in [0.1, 0.15) is 38.5 Å². The lowest BCUT2D eigenvalue weighted by molar-refractivity contribution is 0.623. The van der Waals surface area contributed by atoms with Crippen LogP contribution in [0.25, 0.3) is 0 Å². The molecule has 10 heavy (non-hydrogen) atoms. The molecule has 0 aliphatic carbocycles. The fourth-order valence-electron chi connectivity index (χ4n) is 0.963. The highest BCUT2D eigenvalue weighted by Gasteiger charge is 1.86. The predicted molar refractivity (Wildman–Crippen MR) is 47.0 cm³/mol. The van der Waals surface area contributed by atoms with E-state index in [9.17, 15) is 0 Å². The van der Waals surface area contributed by atoms with Crippen molar-refractivity contribution < 1.29 is 0 Å². The molecule has 0 aliphatic rings. The average molecular weight is 141 g/mol. The largest absolute Gasteiger partial charge is 0.330 e. The van der Waals surface area contributed by atoms with Crippen molar-refractivity contribution >= 4 is 0 Å². The lowest BCUT2D eigenvalue weighted by Gasteiger charge is -1.96. The van der Waals surface area contributed by atoms with Crippen LogP contribution in [0.5, 0.6) is 0 Å². The molecule has 0 unspecified atom stereocenters. The van der Waals surface area contributed by atoms with Gasteiger partial charge in [0.1, 0.15) is 0 Å². The number of unbranched alkanes of at least 4 members (excludes halogenated alkanes) is 5. The van der Waals surface area contributed by atoms with Crippen molar-refractivity contribution in [2.45, 2.75) is 38.5 Å². The number of hydrogen-bond acceptors (Lipinski definition) is 1. The minimum Gasteiger partial charge on any atom is -0.330 e. The highest BCUT2D eigenvalue weighted by Crippen LogP contribution is 2.04. The van der Waals surface area contributed by atoms with Gasteiger partial charge < -0.3 is 5.73 Å². The molecule has 0 atom stereocenters. The van der Waals surface area contributed by atoms with Gasteiger partial charge in [0, 0.05) is 0 Å². The Morgan fingerprint density at radius 3 is 2.20 bits per heavy atom. The summed E-state index contributed by atoms with van der Waals surface area (Å²) < 4.78 is 0. The van der Waals surface area contributed by atoms with Crippen LogP contribution in [-0.4, -0.2) is 6.54 Å². The zero-order valence-corrected chi connectivity index (χ0v) is 6.81.